The fraction of sp³-hybridized carbons (Fsp3) is 0.533. The van der Waals surface area contributed by atoms with E-state index < -0.39 is 6.61 Å². The Balaban J connectivity index is 0.00000242. The summed E-state index contributed by atoms with van der Waals surface area (Å²) in [4.78, 5) is 14.0. The molecule has 0 spiro atoms. The lowest BCUT2D eigenvalue weighted by atomic mass is 9.90. The van der Waals surface area contributed by atoms with Gasteiger partial charge in [-0.1, -0.05) is 25.1 Å². The number of carbonyl (C=O) groups excluding carboxylic acids is 1. The number of halogens is 3. The van der Waals surface area contributed by atoms with Crippen molar-refractivity contribution in [3.05, 3.63) is 29.8 Å². The summed E-state index contributed by atoms with van der Waals surface area (Å²) in [6, 6.07) is 6.39. The van der Waals surface area contributed by atoms with Gasteiger partial charge < -0.3 is 15.4 Å². The molecule has 1 aromatic rings. The SMILES string of the molecule is CC1(CN)CCN(C(=O)Cc2ccccc2OC(F)F)C1.Cl. The molecule has 22 heavy (non-hydrogen) atoms. The van der Waals surface area contributed by atoms with Gasteiger partial charge in [-0.3, -0.25) is 4.79 Å². The molecule has 2 rings (SSSR count). The molecule has 1 fully saturated rings. The lowest BCUT2D eigenvalue weighted by molar-refractivity contribution is -0.129. The van der Waals surface area contributed by atoms with E-state index in [1.165, 1.54) is 6.07 Å². The quantitative estimate of drug-likeness (QED) is 0.900. The minimum absolute atomic E-state index is 0. The highest BCUT2D eigenvalue weighted by Crippen LogP contribution is 2.29. The molecule has 1 atom stereocenters. The van der Waals surface area contributed by atoms with Crippen LogP contribution < -0.4 is 10.5 Å². The summed E-state index contributed by atoms with van der Waals surface area (Å²) < 4.78 is 29.2. The lowest BCUT2D eigenvalue weighted by Gasteiger charge is -2.22. The van der Waals surface area contributed by atoms with Crippen molar-refractivity contribution in [3.63, 3.8) is 0 Å². The molecule has 1 unspecified atom stereocenters. The van der Waals surface area contributed by atoms with Crippen LogP contribution in [-0.4, -0.2) is 37.1 Å². The smallest absolute Gasteiger partial charge is 0.387 e. The number of benzene rings is 1. The highest BCUT2D eigenvalue weighted by molar-refractivity contribution is 5.85. The predicted octanol–water partition coefficient (Wildman–Crippen LogP) is 2.45. The maximum absolute atomic E-state index is 12.4. The Kier molecular flexibility index (Phi) is 6.56. The van der Waals surface area contributed by atoms with Crippen molar-refractivity contribution < 1.29 is 18.3 Å². The van der Waals surface area contributed by atoms with Crippen LogP contribution in [0.15, 0.2) is 24.3 Å². The number of hydrogen-bond donors (Lipinski definition) is 1. The van der Waals surface area contributed by atoms with Crippen LogP contribution in [0.5, 0.6) is 5.75 Å². The van der Waals surface area contributed by atoms with Gasteiger partial charge in [0.05, 0.1) is 6.42 Å². The van der Waals surface area contributed by atoms with Crippen LogP contribution in [0.2, 0.25) is 0 Å². The van der Waals surface area contributed by atoms with Gasteiger partial charge in [0.1, 0.15) is 5.75 Å². The van der Waals surface area contributed by atoms with Crippen LogP contribution in [0.1, 0.15) is 18.9 Å². The first-order valence-electron chi connectivity index (χ1n) is 6.94. The Morgan fingerprint density at radius 3 is 2.73 bits per heavy atom. The summed E-state index contributed by atoms with van der Waals surface area (Å²) in [6.45, 7) is 0.953. The van der Waals surface area contributed by atoms with Crippen molar-refractivity contribution in [1.82, 2.24) is 4.90 Å². The number of ether oxygens (including phenoxy) is 1. The van der Waals surface area contributed by atoms with Gasteiger partial charge in [-0.2, -0.15) is 8.78 Å². The molecule has 7 heteroatoms. The summed E-state index contributed by atoms with van der Waals surface area (Å²) in [5.41, 5.74) is 6.15. The number of para-hydroxylation sites is 1. The van der Waals surface area contributed by atoms with E-state index in [9.17, 15) is 13.6 Å². The molecule has 1 amide bonds. The average molecular weight is 335 g/mol. The Morgan fingerprint density at radius 2 is 2.14 bits per heavy atom. The minimum Gasteiger partial charge on any atom is -0.435 e. The van der Waals surface area contributed by atoms with E-state index >= 15 is 0 Å². The molecule has 0 aliphatic carbocycles. The Bertz CT molecular complexity index is 516. The monoisotopic (exact) mass is 334 g/mol. The number of amides is 1. The molecule has 0 aromatic heterocycles. The first-order chi connectivity index (χ1) is 9.93. The molecule has 0 saturated carbocycles. The standard InChI is InChI=1S/C15H20F2N2O2.ClH/c1-15(9-18)6-7-19(10-15)13(20)8-11-4-2-3-5-12(11)21-14(16)17;/h2-5,14H,6-10,18H2,1H3;1H. The minimum atomic E-state index is -2.89. The zero-order valence-corrected chi connectivity index (χ0v) is 13.2. The Hall–Kier alpha value is -1.40. The molecule has 2 N–H and O–H groups in total. The third-order valence-electron chi connectivity index (χ3n) is 3.93. The summed E-state index contributed by atoms with van der Waals surface area (Å²) in [7, 11) is 0. The van der Waals surface area contributed by atoms with Gasteiger partial charge in [0.15, 0.2) is 0 Å². The second-order valence-electron chi connectivity index (χ2n) is 5.74. The molecular formula is C15H21ClF2N2O2. The molecule has 1 aliphatic rings. The van der Waals surface area contributed by atoms with E-state index in [-0.39, 0.29) is 35.9 Å². The number of hydrogen-bond acceptors (Lipinski definition) is 3. The Morgan fingerprint density at radius 1 is 1.45 bits per heavy atom. The van der Waals surface area contributed by atoms with Crippen molar-refractivity contribution >= 4 is 18.3 Å². The van der Waals surface area contributed by atoms with E-state index in [2.05, 4.69) is 4.74 Å². The van der Waals surface area contributed by atoms with Gasteiger partial charge in [0, 0.05) is 18.7 Å². The van der Waals surface area contributed by atoms with E-state index in [1.54, 1.807) is 23.1 Å². The Labute approximate surface area is 135 Å². The molecule has 1 heterocycles. The largest absolute Gasteiger partial charge is 0.435 e. The van der Waals surface area contributed by atoms with Crippen LogP contribution in [0.25, 0.3) is 0 Å². The normalized spacial score (nSPS) is 20.9. The fourth-order valence-electron chi connectivity index (χ4n) is 2.54. The molecule has 0 bridgehead atoms. The third kappa shape index (κ3) is 4.55. The van der Waals surface area contributed by atoms with Crippen molar-refractivity contribution in [2.45, 2.75) is 26.4 Å². The molecule has 4 nitrogen and oxygen atoms in total. The lowest BCUT2D eigenvalue weighted by Crippen LogP contribution is -2.35. The average Bonchev–Trinajstić information content (AvgIpc) is 2.84. The van der Waals surface area contributed by atoms with Gasteiger partial charge in [-0.15, -0.1) is 12.4 Å². The summed E-state index contributed by atoms with van der Waals surface area (Å²) >= 11 is 0. The van der Waals surface area contributed by atoms with Crippen molar-refractivity contribution in [1.29, 1.82) is 0 Å². The zero-order valence-electron chi connectivity index (χ0n) is 12.4. The number of carbonyl (C=O) groups is 1. The highest BCUT2D eigenvalue weighted by atomic mass is 35.5. The zero-order chi connectivity index (χ0) is 15.5. The van der Waals surface area contributed by atoms with E-state index in [0.717, 1.165) is 6.42 Å². The van der Waals surface area contributed by atoms with Gasteiger partial charge in [0.25, 0.3) is 0 Å². The molecule has 1 aromatic carbocycles. The van der Waals surface area contributed by atoms with Gasteiger partial charge in [-0.25, -0.2) is 0 Å². The van der Waals surface area contributed by atoms with E-state index in [1.807, 2.05) is 6.92 Å². The van der Waals surface area contributed by atoms with Crippen molar-refractivity contribution in [3.8, 4) is 5.75 Å². The molecule has 1 aliphatic heterocycles. The number of rotatable bonds is 5. The molecule has 0 radical (unpaired) electrons. The van der Waals surface area contributed by atoms with E-state index in [4.69, 9.17) is 5.73 Å². The van der Waals surface area contributed by atoms with Crippen LogP contribution in [0.4, 0.5) is 8.78 Å². The van der Waals surface area contributed by atoms with Gasteiger partial charge >= 0.3 is 6.61 Å². The topological polar surface area (TPSA) is 55.6 Å². The van der Waals surface area contributed by atoms with Crippen molar-refractivity contribution in [2.24, 2.45) is 11.1 Å². The second kappa shape index (κ2) is 7.74. The molecule has 124 valence electrons. The number of likely N-dealkylation sites (tertiary alicyclic amines) is 1. The van der Waals surface area contributed by atoms with E-state index in [0.29, 0.717) is 25.2 Å². The van der Waals surface area contributed by atoms with Crippen molar-refractivity contribution in [2.75, 3.05) is 19.6 Å². The third-order valence-corrected chi connectivity index (χ3v) is 3.93. The van der Waals surface area contributed by atoms with Crippen LogP contribution in [0.3, 0.4) is 0 Å². The fourth-order valence-corrected chi connectivity index (χ4v) is 2.54. The molecule has 1 saturated heterocycles. The number of nitrogens with zero attached hydrogens (tertiary/aromatic N) is 1. The van der Waals surface area contributed by atoms with Crippen LogP contribution in [0, 0.1) is 5.41 Å². The maximum Gasteiger partial charge on any atom is 0.387 e. The maximum atomic E-state index is 12.4. The molecular weight excluding hydrogens is 314 g/mol. The number of alkyl halides is 2. The highest BCUT2D eigenvalue weighted by Gasteiger charge is 2.34. The summed E-state index contributed by atoms with van der Waals surface area (Å²) in [5, 5.41) is 0. The van der Waals surface area contributed by atoms with Crippen LogP contribution >= 0.6 is 12.4 Å². The first-order valence-corrected chi connectivity index (χ1v) is 6.94. The summed E-state index contributed by atoms with van der Waals surface area (Å²) in [5.74, 6) is -0.0286. The van der Waals surface area contributed by atoms with Gasteiger partial charge in [0.2, 0.25) is 5.91 Å². The second-order valence-corrected chi connectivity index (χ2v) is 5.74. The van der Waals surface area contributed by atoms with Gasteiger partial charge in [-0.05, 0) is 24.4 Å². The van der Waals surface area contributed by atoms with Crippen LogP contribution in [-0.2, 0) is 11.2 Å². The first kappa shape index (κ1) is 18.6. The summed E-state index contributed by atoms with van der Waals surface area (Å²) in [6.07, 6.45) is 0.925. The number of nitrogens with two attached hydrogens (primary N) is 1. The predicted molar refractivity (Wildman–Crippen MR) is 82.4 cm³/mol.